The SMILES string of the molecule is CCCCCOC(=O)c1ccc(OC(=O)Oc2ccc(C(C)(C)c3ccccc3)cc2)cc1. The lowest BCUT2D eigenvalue weighted by molar-refractivity contribution is 0.0498. The normalized spacial score (nSPS) is 11.0. The summed E-state index contributed by atoms with van der Waals surface area (Å²) in [4.78, 5) is 24.2. The molecule has 0 heterocycles. The number of unbranched alkanes of at least 4 members (excludes halogenated alkanes) is 2. The number of carbonyl (C=O) groups is 2. The van der Waals surface area contributed by atoms with Crippen LogP contribution < -0.4 is 9.47 Å². The highest BCUT2D eigenvalue weighted by molar-refractivity contribution is 5.89. The van der Waals surface area contributed by atoms with Gasteiger partial charge in [-0.2, -0.15) is 0 Å². The average Bonchev–Trinajstić information content (AvgIpc) is 2.83. The number of hydrogen-bond donors (Lipinski definition) is 0. The second kappa shape index (κ2) is 11.3. The van der Waals surface area contributed by atoms with Gasteiger partial charge in [0.25, 0.3) is 0 Å². The van der Waals surface area contributed by atoms with Crippen molar-refractivity contribution >= 4 is 12.1 Å². The average molecular weight is 447 g/mol. The molecule has 0 unspecified atom stereocenters. The van der Waals surface area contributed by atoms with E-state index in [2.05, 4.69) is 32.9 Å². The molecule has 172 valence electrons. The van der Waals surface area contributed by atoms with E-state index in [0.29, 0.717) is 17.9 Å². The van der Waals surface area contributed by atoms with Gasteiger partial charge < -0.3 is 14.2 Å². The van der Waals surface area contributed by atoms with E-state index in [1.807, 2.05) is 30.3 Å². The van der Waals surface area contributed by atoms with E-state index in [9.17, 15) is 9.59 Å². The molecule has 5 heteroatoms. The molecule has 0 atom stereocenters. The summed E-state index contributed by atoms with van der Waals surface area (Å²) in [6.07, 6.45) is 2.09. The molecule has 3 aromatic carbocycles. The minimum atomic E-state index is -0.847. The summed E-state index contributed by atoms with van der Waals surface area (Å²) in [6, 6.07) is 23.8. The third-order valence-electron chi connectivity index (χ3n) is 5.54. The van der Waals surface area contributed by atoms with E-state index in [0.717, 1.165) is 24.8 Å². The molecule has 3 rings (SSSR count). The summed E-state index contributed by atoms with van der Waals surface area (Å²) < 4.78 is 15.7. The van der Waals surface area contributed by atoms with Gasteiger partial charge in [-0.3, -0.25) is 0 Å². The Morgan fingerprint density at radius 1 is 0.727 bits per heavy atom. The monoisotopic (exact) mass is 446 g/mol. The quantitative estimate of drug-likeness (QED) is 0.202. The lowest BCUT2D eigenvalue weighted by Crippen LogP contribution is -2.19. The summed E-state index contributed by atoms with van der Waals surface area (Å²) in [5.41, 5.74) is 2.53. The van der Waals surface area contributed by atoms with E-state index in [-0.39, 0.29) is 11.2 Å². The van der Waals surface area contributed by atoms with Crippen molar-refractivity contribution in [2.45, 2.75) is 45.4 Å². The topological polar surface area (TPSA) is 61.8 Å². The van der Waals surface area contributed by atoms with Crippen molar-refractivity contribution in [3.8, 4) is 11.5 Å². The maximum Gasteiger partial charge on any atom is 0.519 e. The van der Waals surface area contributed by atoms with Crippen molar-refractivity contribution in [1.82, 2.24) is 0 Å². The molecule has 0 aromatic heterocycles. The van der Waals surface area contributed by atoms with Crippen molar-refractivity contribution in [1.29, 1.82) is 0 Å². The van der Waals surface area contributed by atoms with Gasteiger partial charge in [-0.05, 0) is 53.9 Å². The van der Waals surface area contributed by atoms with Crippen LogP contribution >= 0.6 is 0 Å². The minimum absolute atomic E-state index is 0.181. The fourth-order valence-electron chi connectivity index (χ4n) is 3.43. The fraction of sp³-hybridized carbons (Fsp3) is 0.286. The predicted octanol–water partition coefficient (Wildman–Crippen LogP) is 6.94. The second-order valence-corrected chi connectivity index (χ2v) is 8.34. The van der Waals surface area contributed by atoms with E-state index in [1.54, 1.807) is 24.3 Å². The van der Waals surface area contributed by atoms with Gasteiger partial charge in [0.2, 0.25) is 0 Å². The number of benzene rings is 3. The zero-order valence-corrected chi connectivity index (χ0v) is 19.4. The van der Waals surface area contributed by atoms with Gasteiger partial charge in [0.15, 0.2) is 0 Å². The number of hydrogen-bond acceptors (Lipinski definition) is 5. The maximum atomic E-state index is 12.2. The van der Waals surface area contributed by atoms with Crippen LogP contribution in [0.15, 0.2) is 78.9 Å². The fourth-order valence-corrected chi connectivity index (χ4v) is 3.43. The van der Waals surface area contributed by atoms with Gasteiger partial charge in [-0.1, -0.05) is 76.1 Å². The van der Waals surface area contributed by atoms with E-state index in [1.165, 1.54) is 17.7 Å². The second-order valence-electron chi connectivity index (χ2n) is 8.34. The van der Waals surface area contributed by atoms with E-state index < -0.39 is 12.1 Å². The highest BCUT2D eigenvalue weighted by Crippen LogP contribution is 2.32. The van der Waals surface area contributed by atoms with Gasteiger partial charge in [-0.15, -0.1) is 0 Å². The van der Waals surface area contributed by atoms with Crippen LogP contribution in [0.2, 0.25) is 0 Å². The summed E-state index contributed by atoms with van der Waals surface area (Å²) >= 11 is 0. The third-order valence-corrected chi connectivity index (χ3v) is 5.54. The van der Waals surface area contributed by atoms with Gasteiger partial charge in [0, 0.05) is 5.41 Å². The first-order valence-corrected chi connectivity index (χ1v) is 11.2. The van der Waals surface area contributed by atoms with Crippen LogP contribution in [0.3, 0.4) is 0 Å². The number of carbonyl (C=O) groups excluding carboxylic acids is 2. The van der Waals surface area contributed by atoms with Crippen LogP contribution in [0.25, 0.3) is 0 Å². The Kier molecular flexibility index (Phi) is 8.25. The molecule has 0 radical (unpaired) electrons. The Morgan fingerprint density at radius 2 is 1.27 bits per heavy atom. The summed E-state index contributed by atoms with van der Waals surface area (Å²) in [6.45, 7) is 6.79. The number of rotatable bonds is 9. The molecule has 0 bridgehead atoms. The van der Waals surface area contributed by atoms with Crippen LogP contribution in [-0.4, -0.2) is 18.7 Å². The molecule has 0 aliphatic heterocycles. The summed E-state index contributed by atoms with van der Waals surface area (Å²) in [5, 5.41) is 0. The van der Waals surface area contributed by atoms with Crippen LogP contribution in [0, 0.1) is 0 Å². The Bertz CT molecular complexity index is 1040. The smallest absolute Gasteiger partial charge is 0.462 e. The Hall–Kier alpha value is -3.60. The summed E-state index contributed by atoms with van der Waals surface area (Å²) in [7, 11) is 0. The van der Waals surface area contributed by atoms with Crippen LogP contribution in [0.1, 0.15) is 61.5 Å². The van der Waals surface area contributed by atoms with Crippen LogP contribution in [0.5, 0.6) is 11.5 Å². The molecule has 0 spiro atoms. The van der Waals surface area contributed by atoms with Crippen molar-refractivity contribution in [2.75, 3.05) is 6.61 Å². The molecule has 0 N–H and O–H groups in total. The van der Waals surface area contributed by atoms with Gasteiger partial charge in [-0.25, -0.2) is 9.59 Å². The first-order valence-electron chi connectivity index (χ1n) is 11.2. The first kappa shape index (κ1) is 24.1. The molecule has 0 aliphatic carbocycles. The lowest BCUT2D eigenvalue weighted by Gasteiger charge is -2.26. The predicted molar refractivity (Wildman–Crippen MR) is 128 cm³/mol. The third kappa shape index (κ3) is 6.69. The number of esters is 1. The van der Waals surface area contributed by atoms with Crippen molar-refractivity contribution in [3.05, 3.63) is 95.6 Å². The van der Waals surface area contributed by atoms with Crippen molar-refractivity contribution in [2.24, 2.45) is 0 Å². The Labute approximate surface area is 195 Å². The van der Waals surface area contributed by atoms with Gasteiger partial charge in [0.1, 0.15) is 11.5 Å². The molecule has 0 fully saturated rings. The molecule has 5 nitrogen and oxygen atoms in total. The zero-order valence-electron chi connectivity index (χ0n) is 19.4. The first-order chi connectivity index (χ1) is 15.9. The molecule has 33 heavy (non-hydrogen) atoms. The maximum absolute atomic E-state index is 12.2. The van der Waals surface area contributed by atoms with Gasteiger partial charge in [0.05, 0.1) is 12.2 Å². The van der Waals surface area contributed by atoms with Crippen LogP contribution in [0.4, 0.5) is 4.79 Å². The van der Waals surface area contributed by atoms with Gasteiger partial charge >= 0.3 is 12.1 Å². The molecular weight excluding hydrogens is 416 g/mol. The zero-order chi connectivity index (χ0) is 23.7. The lowest BCUT2D eigenvalue weighted by atomic mass is 9.78. The Morgan fingerprint density at radius 3 is 1.85 bits per heavy atom. The van der Waals surface area contributed by atoms with Crippen molar-refractivity contribution in [3.63, 3.8) is 0 Å². The van der Waals surface area contributed by atoms with Crippen molar-refractivity contribution < 1.29 is 23.8 Å². The molecule has 0 saturated heterocycles. The highest BCUT2D eigenvalue weighted by atomic mass is 16.7. The largest absolute Gasteiger partial charge is 0.519 e. The molecule has 3 aromatic rings. The number of ether oxygens (including phenoxy) is 3. The highest BCUT2D eigenvalue weighted by Gasteiger charge is 2.23. The standard InChI is InChI=1S/C28H30O5/c1-4-5-9-20-31-26(29)21-12-16-24(17-13-21)32-27(30)33-25-18-14-23(15-19-25)28(2,3)22-10-7-6-8-11-22/h6-8,10-19H,4-5,9,20H2,1-3H3. The molecule has 0 saturated carbocycles. The van der Waals surface area contributed by atoms with E-state index >= 15 is 0 Å². The summed E-state index contributed by atoms with van der Waals surface area (Å²) in [5.74, 6) is 0.281. The minimum Gasteiger partial charge on any atom is -0.462 e. The van der Waals surface area contributed by atoms with Crippen LogP contribution in [-0.2, 0) is 10.2 Å². The van der Waals surface area contributed by atoms with E-state index in [4.69, 9.17) is 14.2 Å². The Balaban J connectivity index is 1.54. The molecular formula is C28H30O5. The molecule has 0 aliphatic rings. The molecule has 0 amide bonds.